The van der Waals surface area contributed by atoms with Gasteiger partial charge in [0, 0.05) is 20.7 Å². The quantitative estimate of drug-likeness (QED) is 0.283. The van der Waals surface area contributed by atoms with Crippen molar-refractivity contribution in [3.63, 3.8) is 0 Å². The number of furan rings is 1. The minimum atomic E-state index is -0.916. The molecule has 4 rings (SSSR count). The van der Waals surface area contributed by atoms with E-state index in [9.17, 15) is 14.7 Å². The zero-order valence-electron chi connectivity index (χ0n) is 16.1. The predicted octanol–water partition coefficient (Wildman–Crippen LogP) is 5.94. The average molecular weight is 487 g/mol. The standard InChI is InChI=1S/C23H17BrClNO4/c1-12-10-14(7-8-17(12)24)21(27)19-20(18-9-6-13(2)30-18)26(23(29)22(19)28)16-5-3-4-15(25)11-16/h3-11,20,27H,1-2H3/b21-19-. The summed E-state index contributed by atoms with van der Waals surface area (Å²) < 4.78 is 6.65. The number of amides is 1. The first kappa shape index (κ1) is 20.4. The molecule has 5 nitrogen and oxygen atoms in total. The van der Waals surface area contributed by atoms with Gasteiger partial charge in [-0.3, -0.25) is 14.5 Å². The van der Waals surface area contributed by atoms with E-state index in [0.29, 0.717) is 27.8 Å². The molecule has 1 saturated heterocycles. The van der Waals surface area contributed by atoms with E-state index < -0.39 is 17.7 Å². The second kappa shape index (κ2) is 7.78. The number of ketones is 1. The van der Waals surface area contributed by atoms with Gasteiger partial charge in [-0.1, -0.05) is 39.7 Å². The first-order chi connectivity index (χ1) is 14.3. The Hall–Kier alpha value is -2.83. The van der Waals surface area contributed by atoms with Crippen LogP contribution in [-0.2, 0) is 9.59 Å². The van der Waals surface area contributed by atoms with Crippen molar-refractivity contribution in [2.45, 2.75) is 19.9 Å². The van der Waals surface area contributed by atoms with E-state index in [1.807, 2.05) is 6.92 Å². The first-order valence-corrected chi connectivity index (χ1v) is 10.3. The third kappa shape index (κ3) is 3.46. The van der Waals surface area contributed by atoms with Crippen molar-refractivity contribution in [2.75, 3.05) is 4.90 Å². The van der Waals surface area contributed by atoms with Crippen LogP contribution >= 0.6 is 27.5 Å². The smallest absolute Gasteiger partial charge is 0.300 e. The summed E-state index contributed by atoms with van der Waals surface area (Å²) in [5, 5.41) is 11.5. The fourth-order valence-electron chi connectivity index (χ4n) is 3.54. The summed E-state index contributed by atoms with van der Waals surface area (Å²) in [4.78, 5) is 27.4. The van der Waals surface area contributed by atoms with Crippen molar-refractivity contribution in [3.05, 3.63) is 92.3 Å². The lowest BCUT2D eigenvalue weighted by Gasteiger charge is -2.23. The molecule has 3 aromatic rings. The summed E-state index contributed by atoms with van der Waals surface area (Å²) in [6.45, 7) is 3.64. The lowest BCUT2D eigenvalue weighted by Crippen LogP contribution is -2.29. The summed E-state index contributed by atoms with van der Waals surface area (Å²) in [6, 6.07) is 14.4. The van der Waals surface area contributed by atoms with Gasteiger partial charge in [0.15, 0.2) is 0 Å². The van der Waals surface area contributed by atoms with E-state index in [1.165, 1.54) is 4.90 Å². The zero-order chi connectivity index (χ0) is 21.6. The van der Waals surface area contributed by atoms with Gasteiger partial charge in [-0.25, -0.2) is 0 Å². The molecule has 1 aliphatic rings. The Bertz CT molecular complexity index is 1210. The minimum absolute atomic E-state index is 0.0314. The number of halogens is 2. The summed E-state index contributed by atoms with van der Waals surface area (Å²) >= 11 is 9.55. The van der Waals surface area contributed by atoms with Crippen LogP contribution in [0.15, 0.2) is 69.1 Å². The fraction of sp³-hybridized carbons (Fsp3) is 0.130. The largest absolute Gasteiger partial charge is 0.507 e. The Balaban J connectivity index is 1.95. The number of benzene rings is 2. The van der Waals surface area contributed by atoms with Crippen LogP contribution in [0.2, 0.25) is 5.02 Å². The minimum Gasteiger partial charge on any atom is -0.507 e. The molecule has 30 heavy (non-hydrogen) atoms. The van der Waals surface area contributed by atoms with Gasteiger partial charge in [0.2, 0.25) is 0 Å². The number of anilines is 1. The van der Waals surface area contributed by atoms with Gasteiger partial charge in [0.05, 0.1) is 5.57 Å². The van der Waals surface area contributed by atoms with Gasteiger partial charge in [-0.2, -0.15) is 0 Å². The van der Waals surface area contributed by atoms with E-state index >= 15 is 0 Å². The van der Waals surface area contributed by atoms with E-state index in [4.69, 9.17) is 16.0 Å². The Morgan fingerprint density at radius 2 is 1.87 bits per heavy atom. The number of aliphatic hydroxyl groups excluding tert-OH is 1. The van der Waals surface area contributed by atoms with Gasteiger partial charge in [0.25, 0.3) is 11.7 Å². The van der Waals surface area contributed by atoms with E-state index in [1.54, 1.807) is 61.5 Å². The molecular formula is C23H17BrClNO4. The van der Waals surface area contributed by atoms with Gasteiger partial charge in [0.1, 0.15) is 23.3 Å². The van der Waals surface area contributed by atoms with Crippen LogP contribution in [0.1, 0.15) is 28.7 Å². The molecule has 2 aromatic carbocycles. The Kier molecular flexibility index (Phi) is 5.30. The molecule has 0 radical (unpaired) electrons. The molecule has 152 valence electrons. The highest BCUT2D eigenvalue weighted by molar-refractivity contribution is 9.10. The summed E-state index contributed by atoms with van der Waals surface area (Å²) in [5.74, 6) is -0.797. The number of hydrogen-bond acceptors (Lipinski definition) is 4. The Morgan fingerprint density at radius 3 is 2.50 bits per heavy atom. The van der Waals surface area contributed by atoms with Crippen LogP contribution < -0.4 is 4.90 Å². The number of hydrogen-bond donors (Lipinski definition) is 1. The van der Waals surface area contributed by atoms with Crippen molar-refractivity contribution in [3.8, 4) is 0 Å². The molecule has 1 N–H and O–H groups in total. The molecule has 0 saturated carbocycles. The van der Waals surface area contributed by atoms with E-state index in [0.717, 1.165) is 10.0 Å². The first-order valence-electron chi connectivity index (χ1n) is 9.17. The zero-order valence-corrected chi connectivity index (χ0v) is 18.5. The number of nitrogens with zero attached hydrogens (tertiary/aromatic N) is 1. The summed E-state index contributed by atoms with van der Waals surface area (Å²) in [6.07, 6.45) is 0. The average Bonchev–Trinajstić information content (AvgIpc) is 3.25. The Morgan fingerprint density at radius 1 is 1.10 bits per heavy atom. The molecule has 1 atom stereocenters. The maximum atomic E-state index is 13.0. The van der Waals surface area contributed by atoms with Gasteiger partial charge in [-0.15, -0.1) is 0 Å². The number of carbonyl (C=O) groups excluding carboxylic acids is 2. The second-order valence-corrected chi connectivity index (χ2v) is 8.35. The molecular weight excluding hydrogens is 470 g/mol. The lowest BCUT2D eigenvalue weighted by atomic mass is 9.98. The fourth-order valence-corrected chi connectivity index (χ4v) is 3.97. The third-order valence-electron chi connectivity index (χ3n) is 4.99. The van der Waals surface area contributed by atoms with Crippen molar-refractivity contribution in [2.24, 2.45) is 0 Å². The molecule has 0 bridgehead atoms. The molecule has 1 amide bonds. The molecule has 1 fully saturated rings. The van der Waals surface area contributed by atoms with Gasteiger partial charge in [-0.05, 0) is 61.9 Å². The van der Waals surface area contributed by atoms with Crippen LogP contribution in [0.4, 0.5) is 5.69 Å². The molecule has 1 unspecified atom stereocenters. The third-order valence-corrected chi connectivity index (χ3v) is 6.12. The SMILES string of the molecule is Cc1ccc(C2/C(=C(/O)c3ccc(Br)c(C)c3)C(=O)C(=O)N2c2cccc(Cl)c2)o1. The topological polar surface area (TPSA) is 70.8 Å². The maximum Gasteiger partial charge on any atom is 0.300 e. The molecule has 0 aliphatic carbocycles. The highest BCUT2D eigenvalue weighted by Gasteiger charge is 2.48. The molecule has 1 aliphatic heterocycles. The van der Waals surface area contributed by atoms with Crippen LogP contribution in [0, 0.1) is 13.8 Å². The van der Waals surface area contributed by atoms with Crippen LogP contribution in [0.5, 0.6) is 0 Å². The van der Waals surface area contributed by atoms with Gasteiger partial charge >= 0.3 is 0 Å². The Labute approximate surface area is 186 Å². The maximum absolute atomic E-state index is 13.0. The van der Waals surface area contributed by atoms with Crippen LogP contribution in [0.25, 0.3) is 5.76 Å². The monoisotopic (exact) mass is 485 g/mol. The molecule has 1 aromatic heterocycles. The molecule has 2 heterocycles. The lowest BCUT2D eigenvalue weighted by molar-refractivity contribution is -0.132. The summed E-state index contributed by atoms with van der Waals surface area (Å²) in [5.41, 5.74) is 1.73. The number of aliphatic hydroxyl groups is 1. The summed E-state index contributed by atoms with van der Waals surface area (Å²) in [7, 11) is 0. The molecule has 0 spiro atoms. The van der Waals surface area contributed by atoms with Crippen LogP contribution in [0.3, 0.4) is 0 Å². The normalized spacial score (nSPS) is 18.3. The highest BCUT2D eigenvalue weighted by Crippen LogP contribution is 2.43. The van der Waals surface area contributed by atoms with Crippen LogP contribution in [-0.4, -0.2) is 16.8 Å². The van der Waals surface area contributed by atoms with Crippen molar-refractivity contribution in [1.82, 2.24) is 0 Å². The van der Waals surface area contributed by atoms with Crippen molar-refractivity contribution >= 4 is 50.7 Å². The highest BCUT2D eigenvalue weighted by atomic mass is 79.9. The van der Waals surface area contributed by atoms with Crippen molar-refractivity contribution in [1.29, 1.82) is 0 Å². The predicted molar refractivity (Wildman–Crippen MR) is 119 cm³/mol. The second-order valence-electron chi connectivity index (χ2n) is 7.06. The van der Waals surface area contributed by atoms with Gasteiger partial charge < -0.3 is 9.52 Å². The number of aryl methyl sites for hydroxylation is 2. The van der Waals surface area contributed by atoms with E-state index in [2.05, 4.69) is 15.9 Å². The van der Waals surface area contributed by atoms with Crippen molar-refractivity contribution < 1.29 is 19.1 Å². The number of carbonyl (C=O) groups is 2. The number of rotatable bonds is 3. The molecule has 7 heteroatoms. The number of Topliss-reactive ketones (excluding diaryl/α,β-unsaturated/α-hetero) is 1. The van der Waals surface area contributed by atoms with E-state index in [-0.39, 0.29) is 11.3 Å².